The van der Waals surface area contributed by atoms with Gasteiger partial charge in [-0.15, -0.1) is 0 Å². The second-order valence-corrected chi connectivity index (χ2v) is 7.04. The predicted octanol–water partition coefficient (Wildman–Crippen LogP) is 2.37. The standard InChI is InChI=1S/C13H17N3O2S2/c1-2-3-6-20(18)8-12(17)16-13-15-10-5-4-9(14)7-11(10)19-13/h4-5,7H,2-3,6,8,14H2,1H3,(H,15,16,17). The molecule has 3 N–H and O–H groups in total. The van der Waals surface area contributed by atoms with Crippen LogP contribution in [0, 0.1) is 0 Å². The maximum absolute atomic E-state index is 11.8. The fraction of sp³-hybridized carbons (Fsp3) is 0.385. The highest BCUT2D eigenvalue weighted by molar-refractivity contribution is 7.85. The Balaban J connectivity index is 1.97. The molecule has 0 fully saturated rings. The van der Waals surface area contributed by atoms with E-state index in [-0.39, 0.29) is 11.7 Å². The molecule has 7 heteroatoms. The quantitative estimate of drug-likeness (QED) is 0.802. The summed E-state index contributed by atoms with van der Waals surface area (Å²) in [4.78, 5) is 16.1. The molecule has 20 heavy (non-hydrogen) atoms. The third kappa shape index (κ3) is 4.01. The summed E-state index contributed by atoms with van der Waals surface area (Å²) in [6.45, 7) is 2.03. The van der Waals surface area contributed by atoms with Crippen LogP contribution in [0.25, 0.3) is 10.2 Å². The van der Waals surface area contributed by atoms with Crippen molar-refractivity contribution in [3.8, 4) is 0 Å². The van der Waals surface area contributed by atoms with Crippen molar-refractivity contribution in [1.29, 1.82) is 0 Å². The lowest BCUT2D eigenvalue weighted by Gasteiger charge is -2.01. The molecule has 1 amide bonds. The first kappa shape index (κ1) is 14.9. The Bertz CT molecular complexity index is 640. The van der Waals surface area contributed by atoms with Gasteiger partial charge in [-0.3, -0.25) is 9.00 Å². The van der Waals surface area contributed by atoms with Crippen LogP contribution in [0.4, 0.5) is 10.8 Å². The molecule has 0 aliphatic rings. The minimum Gasteiger partial charge on any atom is -0.399 e. The summed E-state index contributed by atoms with van der Waals surface area (Å²) in [5.41, 5.74) is 7.16. The highest BCUT2D eigenvalue weighted by Crippen LogP contribution is 2.27. The highest BCUT2D eigenvalue weighted by Gasteiger charge is 2.11. The van der Waals surface area contributed by atoms with E-state index in [1.807, 2.05) is 19.1 Å². The third-order valence-electron chi connectivity index (χ3n) is 2.68. The monoisotopic (exact) mass is 311 g/mol. The fourth-order valence-electron chi connectivity index (χ4n) is 1.67. The van der Waals surface area contributed by atoms with E-state index in [0.29, 0.717) is 16.6 Å². The van der Waals surface area contributed by atoms with Crippen LogP contribution in [0.5, 0.6) is 0 Å². The number of aromatic nitrogens is 1. The largest absolute Gasteiger partial charge is 0.399 e. The van der Waals surface area contributed by atoms with E-state index in [0.717, 1.165) is 23.1 Å². The minimum absolute atomic E-state index is 0.0259. The van der Waals surface area contributed by atoms with E-state index < -0.39 is 10.8 Å². The zero-order valence-electron chi connectivity index (χ0n) is 11.2. The summed E-state index contributed by atoms with van der Waals surface area (Å²) in [6.07, 6.45) is 1.85. The molecule has 1 unspecified atom stereocenters. The number of carbonyl (C=O) groups excluding carboxylic acids is 1. The number of anilines is 2. The van der Waals surface area contributed by atoms with Gasteiger partial charge in [0.05, 0.1) is 10.2 Å². The molecular weight excluding hydrogens is 294 g/mol. The summed E-state index contributed by atoms with van der Waals surface area (Å²) >= 11 is 1.36. The molecule has 2 rings (SSSR count). The van der Waals surface area contributed by atoms with E-state index in [9.17, 15) is 9.00 Å². The number of hydrogen-bond donors (Lipinski definition) is 2. The zero-order valence-corrected chi connectivity index (χ0v) is 12.9. The topological polar surface area (TPSA) is 85.1 Å². The fourth-order valence-corrected chi connectivity index (χ4v) is 3.72. The van der Waals surface area contributed by atoms with E-state index >= 15 is 0 Å². The Morgan fingerprint density at radius 1 is 1.50 bits per heavy atom. The number of amides is 1. The Morgan fingerprint density at radius 3 is 3.05 bits per heavy atom. The normalized spacial score (nSPS) is 12.4. The van der Waals surface area contributed by atoms with Crippen LogP contribution in [0.15, 0.2) is 18.2 Å². The van der Waals surface area contributed by atoms with Gasteiger partial charge in [0.2, 0.25) is 5.91 Å². The van der Waals surface area contributed by atoms with Crippen LogP contribution < -0.4 is 11.1 Å². The van der Waals surface area contributed by atoms with Gasteiger partial charge in [0.1, 0.15) is 5.75 Å². The molecule has 0 radical (unpaired) electrons. The number of hydrogen-bond acceptors (Lipinski definition) is 5. The molecule has 0 aliphatic heterocycles. The summed E-state index contributed by atoms with van der Waals surface area (Å²) in [6, 6.07) is 5.41. The molecule has 0 saturated carbocycles. The van der Waals surface area contributed by atoms with Crippen molar-refractivity contribution in [1.82, 2.24) is 4.98 Å². The Labute approximate surface area is 124 Å². The van der Waals surface area contributed by atoms with E-state index in [1.165, 1.54) is 11.3 Å². The van der Waals surface area contributed by atoms with Crippen molar-refractivity contribution in [3.05, 3.63) is 18.2 Å². The number of thiazole rings is 1. The maximum atomic E-state index is 11.8. The SMILES string of the molecule is CCCCS(=O)CC(=O)Nc1nc2ccc(N)cc2s1. The zero-order chi connectivity index (χ0) is 14.5. The molecule has 0 bridgehead atoms. The third-order valence-corrected chi connectivity index (χ3v) is 4.94. The second-order valence-electron chi connectivity index (χ2n) is 4.44. The van der Waals surface area contributed by atoms with Crippen molar-refractivity contribution in [3.63, 3.8) is 0 Å². The molecule has 2 aromatic rings. The van der Waals surface area contributed by atoms with Crippen molar-refractivity contribution in [2.24, 2.45) is 0 Å². The summed E-state index contributed by atoms with van der Waals surface area (Å²) in [5.74, 6) is 0.338. The molecule has 1 atom stereocenters. The van der Waals surface area contributed by atoms with Crippen LogP contribution in [-0.2, 0) is 15.6 Å². The molecule has 1 aromatic carbocycles. The molecular formula is C13H17N3O2S2. The van der Waals surface area contributed by atoms with Crippen molar-refractivity contribution >= 4 is 49.1 Å². The molecule has 0 saturated heterocycles. The van der Waals surface area contributed by atoms with Gasteiger partial charge >= 0.3 is 0 Å². The van der Waals surface area contributed by atoms with Gasteiger partial charge in [-0.1, -0.05) is 24.7 Å². The average Bonchev–Trinajstić information content (AvgIpc) is 2.77. The number of nitrogen functional groups attached to an aromatic ring is 1. The Kier molecular flexibility index (Phi) is 5.08. The number of nitrogens with two attached hydrogens (primary N) is 1. The number of carbonyl (C=O) groups is 1. The van der Waals surface area contributed by atoms with Gasteiger partial charge in [0.25, 0.3) is 0 Å². The molecule has 1 aromatic heterocycles. The average molecular weight is 311 g/mol. The van der Waals surface area contributed by atoms with Gasteiger partial charge in [-0.2, -0.15) is 0 Å². The lowest BCUT2D eigenvalue weighted by atomic mass is 10.3. The van der Waals surface area contributed by atoms with E-state index in [2.05, 4.69) is 10.3 Å². The van der Waals surface area contributed by atoms with Gasteiger partial charge in [-0.05, 0) is 24.6 Å². The predicted molar refractivity (Wildman–Crippen MR) is 85.4 cm³/mol. The summed E-state index contributed by atoms with van der Waals surface area (Å²) in [7, 11) is -1.10. The summed E-state index contributed by atoms with van der Waals surface area (Å²) < 4.78 is 12.6. The minimum atomic E-state index is -1.10. The van der Waals surface area contributed by atoms with E-state index in [1.54, 1.807) is 6.07 Å². The van der Waals surface area contributed by atoms with Gasteiger partial charge in [0.15, 0.2) is 5.13 Å². The van der Waals surface area contributed by atoms with Gasteiger partial charge < -0.3 is 11.1 Å². The number of nitrogens with one attached hydrogen (secondary N) is 1. The van der Waals surface area contributed by atoms with Crippen LogP contribution >= 0.6 is 11.3 Å². The first-order chi connectivity index (χ1) is 9.58. The first-order valence-electron chi connectivity index (χ1n) is 6.39. The first-order valence-corrected chi connectivity index (χ1v) is 8.70. The lowest BCUT2D eigenvalue weighted by molar-refractivity contribution is -0.113. The van der Waals surface area contributed by atoms with Crippen molar-refractivity contribution in [2.45, 2.75) is 19.8 Å². The van der Waals surface area contributed by atoms with Crippen LogP contribution in [0.3, 0.4) is 0 Å². The van der Waals surface area contributed by atoms with Gasteiger partial charge in [-0.25, -0.2) is 4.98 Å². The molecule has 108 valence electrons. The smallest absolute Gasteiger partial charge is 0.238 e. The van der Waals surface area contributed by atoms with Crippen LogP contribution in [0.1, 0.15) is 19.8 Å². The van der Waals surface area contributed by atoms with Crippen LogP contribution in [-0.4, -0.2) is 26.6 Å². The molecule has 1 heterocycles. The molecule has 0 aliphatic carbocycles. The second kappa shape index (κ2) is 6.81. The summed E-state index contributed by atoms with van der Waals surface area (Å²) in [5, 5.41) is 3.21. The van der Waals surface area contributed by atoms with E-state index in [4.69, 9.17) is 5.73 Å². The van der Waals surface area contributed by atoms with Crippen molar-refractivity contribution < 1.29 is 9.00 Å². The van der Waals surface area contributed by atoms with Gasteiger partial charge in [0, 0.05) is 22.2 Å². The number of unbranched alkanes of at least 4 members (excludes halogenated alkanes) is 1. The molecule has 0 spiro atoms. The molecule has 5 nitrogen and oxygen atoms in total. The maximum Gasteiger partial charge on any atom is 0.238 e. The van der Waals surface area contributed by atoms with Crippen molar-refractivity contribution in [2.75, 3.05) is 22.6 Å². The lowest BCUT2D eigenvalue weighted by Crippen LogP contribution is -2.20. The Morgan fingerprint density at radius 2 is 2.30 bits per heavy atom. The number of rotatable bonds is 6. The number of benzene rings is 1. The highest BCUT2D eigenvalue weighted by atomic mass is 32.2. The van der Waals surface area contributed by atoms with Crippen LogP contribution in [0.2, 0.25) is 0 Å². The Hall–Kier alpha value is -1.47. The number of nitrogens with zero attached hydrogens (tertiary/aromatic N) is 1. The number of fused-ring (bicyclic) bond motifs is 1.